The van der Waals surface area contributed by atoms with Crippen LogP contribution < -0.4 is 5.32 Å². The highest BCUT2D eigenvalue weighted by Crippen LogP contribution is 2.16. The van der Waals surface area contributed by atoms with Crippen LogP contribution in [0.2, 0.25) is 5.02 Å². The monoisotopic (exact) mass is 331 g/mol. The summed E-state index contributed by atoms with van der Waals surface area (Å²) in [6.07, 6.45) is 3.14. The molecule has 0 saturated heterocycles. The van der Waals surface area contributed by atoms with E-state index in [-0.39, 0.29) is 10.7 Å². The van der Waals surface area contributed by atoms with Crippen molar-refractivity contribution in [2.24, 2.45) is 0 Å². The van der Waals surface area contributed by atoms with Gasteiger partial charge in [0.25, 0.3) is 5.91 Å². The molecule has 1 amide bonds. The number of rotatable bonds is 4. The molecule has 0 aliphatic rings. The molecule has 1 atom stereocenters. The first-order valence-electron chi connectivity index (χ1n) is 6.24. The van der Waals surface area contributed by atoms with Crippen LogP contribution in [-0.4, -0.2) is 39.7 Å². The van der Waals surface area contributed by atoms with E-state index in [1.165, 1.54) is 24.9 Å². The fraction of sp³-hybridized carbons (Fsp3) is 0.538. The van der Waals surface area contributed by atoms with Crippen molar-refractivity contribution in [2.75, 3.05) is 6.26 Å². The molecule has 6 nitrogen and oxygen atoms in total. The highest BCUT2D eigenvalue weighted by atomic mass is 35.5. The van der Waals surface area contributed by atoms with E-state index in [1.54, 1.807) is 27.0 Å². The number of halogens is 1. The first-order valence-corrected chi connectivity index (χ1v) is 7.84. The standard InChI is InChI=1S/C13H18ClN3O3S/c1-7(11(19)20-13(2,3)4)16-10(18)9-8(14)6-15-12(17-9)21-5/h6-7H,1-5H3,(H,16,18)/t7-/m0/s1. The van der Waals surface area contributed by atoms with E-state index >= 15 is 0 Å². The minimum absolute atomic E-state index is 0.0337. The van der Waals surface area contributed by atoms with Crippen LogP contribution in [0.4, 0.5) is 0 Å². The number of nitrogens with one attached hydrogen (secondary N) is 1. The zero-order valence-corrected chi connectivity index (χ0v) is 14.1. The van der Waals surface area contributed by atoms with Gasteiger partial charge >= 0.3 is 5.97 Å². The van der Waals surface area contributed by atoms with E-state index < -0.39 is 23.5 Å². The van der Waals surface area contributed by atoms with Gasteiger partial charge in [0.15, 0.2) is 10.9 Å². The molecule has 1 aromatic rings. The molecule has 0 saturated carbocycles. The van der Waals surface area contributed by atoms with Gasteiger partial charge in [0.2, 0.25) is 0 Å². The van der Waals surface area contributed by atoms with Crippen LogP contribution in [0.1, 0.15) is 38.2 Å². The summed E-state index contributed by atoms with van der Waals surface area (Å²) >= 11 is 7.20. The highest BCUT2D eigenvalue weighted by Gasteiger charge is 2.24. The number of nitrogens with zero attached hydrogens (tertiary/aromatic N) is 2. The van der Waals surface area contributed by atoms with Gasteiger partial charge in [-0.15, -0.1) is 0 Å². The van der Waals surface area contributed by atoms with Crippen LogP contribution in [0.3, 0.4) is 0 Å². The molecule has 0 bridgehead atoms. The third-order valence-electron chi connectivity index (χ3n) is 2.23. The molecule has 21 heavy (non-hydrogen) atoms. The third kappa shape index (κ3) is 5.51. The summed E-state index contributed by atoms with van der Waals surface area (Å²) < 4.78 is 5.19. The van der Waals surface area contributed by atoms with Gasteiger partial charge in [-0.25, -0.2) is 14.8 Å². The average Bonchev–Trinajstić information content (AvgIpc) is 2.37. The number of amides is 1. The van der Waals surface area contributed by atoms with Crippen molar-refractivity contribution >= 4 is 35.2 Å². The molecule has 1 N–H and O–H groups in total. The van der Waals surface area contributed by atoms with Crippen molar-refractivity contribution in [1.29, 1.82) is 0 Å². The number of esters is 1. The number of carbonyl (C=O) groups excluding carboxylic acids is 2. The van der Waals surface area contributed by atoms with Gasteiger partial charge in [0, 0.05) is 0 Å². The molecular formula is C13H18ClN3O3S. The minimum atomic E-state index is -0.805. The third-order valence-corrected chi connectivity index (χ3v) is 3.07. The summed E-state index contributed by atoms with van der Waals surface area (Å²) in [6.45, 7) is 6.80. The van der Waals surface area contributed by atoms with Crippen LogP contribution in [0.25, 0.3) is 0 Å². The lowest BCUT2D eigenvalue weighted by atomic mass is 10.2. The van der Waals surface area contributed by atoms with Crippen molar-refractivity contribution in [3.63, 3.8) is 0 Å². The number of hydrogen-bond acceptors (Lipinski definition) is 6. The molecule has 116 valence electrons. The Bertz CT molecular complexity index is 546. The van der Waals surface area contributed by atoms with Crippen LogP contribution >= 0.6 is 23.4 Å². The van der Waals surface area contributed by atoms with Crippen molar-refractivity contribution in [3.05, 3.63) is 16.9 Å². The largest absolute Gasteiger partial charge is 0.458 e. The Balaban J connectivity index is 2.79. The topological polar surface area (TPSA) is 81.2 Å². The zero-order valence-electron chi connectivity index (χ0n) is 12.6. The Morgan fingerprint density at radius 1 is 1.43 bits per heavy atom. The Hall–Kier alpha value is -1.34. The second kappa shape index (κ2) is 7.09. The van der Waals surface area contributed by atoms with Crippen LogP contribution in [0.5, 0.6) is 0 Å². The van der Waals surface area contributed by atoms with Gasteiger partial charge in [-0.2, -0.15) is 0 Å². The second-order valence-electron chi connectivity index (χ2n) is 5.28. The van der Waals surface area contributed by atoms with Crippen LogP contribution in [0.15, 0.2) is 11.4 Å². The summed E-state index contributed by atoms with van der Waals surface area (Å²) in [4.78, 5) is 31.9. The summed E-state index contributed by atoms with van der Waals surface area (Å²) in [5, 5.41) is 3.07. The van der Waals surface area contributed by atoms with E-state index in [4.69, 9.17) is 16.3 Å². The van der Waals surface area contributed by atoms with E-state index in [9.17, 15) is 9.59 Å². The molecule has 0 spiro atoms. The minimum Gasteiger partial charge on any atom is -0.458 e. The Labute approximate surface area is 133 Å². The van der Waals surface area contributed by atoms with Crippen LogP contribution in [-0.2, 0) is 9.53 Å². The second-order valence-corrected chi connectivity index (χ2v) is 6.46. The molecule has 1 aromatic heterocycles. The summed E-state index contributed by atoms with van der Waals surface area (Å²) in [6, 6.07) is -0.805. The number of ether oxygens (including phenoxy) is 1. The number of aromatic nitrogens is 2. The number of carbonyl (C=O) groups is 2. The predicted molar refractivity (Wildman–Crippen MR) is 81.6 cm³/mol. The fourth-order valence-electron chi connectivity index (χ4n) is 1.32. The summed E-state index contributed by atoms with van der Waals surface area (Å²) in [5.41, 5.74) is -0.583. The van der Waals surface area contributed by atoms with Gasteiger partial charge in [0.1, 0.15) is 11.6 Å². The maximum Gasteiger partial charge on any atom is 0.328 e. The molecule has 1 rings (SSSR count). The maximum atomic E-state index is 12.1. The van der Waals surface area contributed by atoms with Gasteiger partial charge in [-0.05, 0) is 34.0 Å². The smallest absolute Gasteiger partial charge is 0.328 e. The van der Waals surface area contributed by atoms with Crippen molar-refractivity contribution in [3.8, 4) is 0 Å². The first-order chi connectivity index (χ1) is 9.64. The zero-order chi connectivity index (χ0) is 16.2. The first kappa shape index (κ1) is 17.7. The predicted octanol–water partition coefficient (Wildman–Crippen LogP) is 2.31. The Kier molecular flexibility index (Phi) is 5.98. The van der Waals surface area contributed by atoms with Crippen molar-refractivity contribution in [1.82, 2.24) is 15.3 Å². The molecule has 8 heteroatoms. The molecule has 0 fully saturated rings. The summed E-state index contributed by atoms with van der Waals surface area (Å²) in [7, 11) is 0. The van der Waals surface area contributed by atoms with E-state index in [2.05, 4.69) is 15.3 Å². The van der Waals surface area contributed by atoms with Gasteiger partial charge in [-0.3, -0.25) is 4.79 Å². The lowest BCUT2D eigenvalue weighted by Gasteiger charge is -2.22. The molecule has 0 radical (unpaired) electrons. The van der Waals surface area contributed by atoms with Gasteiger partial charge < -0.3 is 10.1 Å². The summed E-state index contributed by atoms with van der Waals surface area (Å²) in [5.74, 6) is -1.07. The number of thioether (sulfide) groups is 1. The molecule has 1 heterocycles. The lowest BCUT2D eigenvalue weighted by Crippen LogP contribution is -2.42. The van der Waals surface area contributed by atoms with Crippen molar-refractivity contribution in [2.45, 2.75) is 44.5 Å². The SMILES string of the molecule is CSc1ncc(Cl)c(C(=O)N[C@@H](C)C(=O)OC(C)(C)C)n1. The van der Waals surface area contributed by atoms with Gasteiger partial charge in [0.05, 0.1) is 11.2 Å². The Morgan fingerprint density at radius 2 is 2.05 bits per heavy atom. The normalized spacial score (nSPS) is 12.7. The molecule has 0 aromatic carbocycles. The number of hydrogen-bond donors (Lipinski definition) is 1. The maximum absolute atomic E-state index is 12.1. The fourth-order valence-corrected chi connectivity index (χ4v) is 1.84. The van der Waals surface area contributed by atoms with Crippen LogP contribution in [0, 0.1) is 0 Å². The Morgan fingerprint density at radius 3 is 2.57 bits per heavy atom. The van der Waals surface area contributed by atoms with E-state index in [0.717, 1.165) is 0 Å². The molecule has 0 unspecified atom stereocenters. The highest BCUT2D eigenvalue weighted by molar-refractivity contribution is 7.98. The molecular weight excluding hydrogens is 314 g/mol. The van der Waals surface area contributed by atoms with E-state index in [1.807, 2.05) is 0 Å². The average molecular weight is 332 g/mol. The molecule has 0 aliphatic heterocycles. The lowest BCUT2D eigenvalue weighted by molar-refractivity contribution is -0.156. The quantitative estimate of drug-likeness (QED) is 0.518. The van der Waals surface area contributed by atoms with E-state index in [0.29, 0.717) is 5.16 Å². The van der Waals surface area contributed by atoms with Crippen molar-refractivity contribution < 1.29 is 14.3 Å². The van der Waals surface area contributed by atoms with Gasteiger partial charge in [-0.1, -0.05) is 23.4 Å². The molecule has 0 aliphatic carbocycles.